The number of benzene rings is 1. The second-order valence-electron chi connectivity index (χ2n) is 3.98. The van der Waals surface area contributed by atoms with Gasteiger partial charge >= 0.3 is 6.03 Å². The number of aliphatic hydroxyl groups is 1. The van der Waals surface area contributed by atoms with Crippen molar-refractivity contribution in [2.24, 2.45) is 0 Å². The van der Waals surface area contributed by atoms with Gasteiger partial charge in [-0.3, -0.25) is 0 Å². The third-order valence-electron chi connectivity index (χ3n) is 2.84. The maximum Gasteiger partial charge on any atom is 0.316 e. The molecule has 2 unspecified atom stereocenters. The lowest BCUT2D eigenvalue weighted by atomic mass is 10.1. The molecule has 1 aromatic rings. The Hall–Kier alpha value is -1.99. The van der Waals surface area contributed by atoms with Gasteiger partial charge in [0.2, 0.25) is 0 Å². The lowest BCUT2D eigenvalue weighted by Crippen LogP contribution is -2.41. The second-order valence-corrected chi connectivity index (χ2v) is 3.98. The lowest BCUT2D eigenvalue weighted by Gasteiger charge is -2.17. The Balaban J connectivity index is 2.07. The Bertz CT molecular complexity index is 465. The van der Waals surface area contributed by atoms with E-state index in [0.717, 1.165) is 11.1 Å². The van der Waals surface area contributed by atoms with E-state index in [1.807, 2.05) is 24.3 Å². The van der Waals surface area contributed by atoms with Crippen molar-refractivity contribution in [3.8, 4) is 12.3 Å². The van der Waals surface area contributed by atoms with E-state index in [-0.39, 0.29) is 18.6 Å². The number of nitrogens with one attached hydrogen (secondary N) is 2. The molecule has 1 aliphatic rings. The predicted octanol–water partition coefficient (Wildman–Crippen LogP) is 0.577. The van der Waals surface area contributed by atoms with Gasteiger partial charge in [-0.05, 0) is 11.1 Å². The van der Waals surface area contributed by atoms with Gasteiger partial charge in [-0.2, -0.15) is 0 Å². The van der Waals surface area contributed by atoms with Gasteiger partial charge in [0.15, 0.2) is 0 Å². The van der Waals surface area contributed by atoms with Gasteiger partial charge in [-0.15, -0.1) is 6.42 Å². The van der Waals surface area contributed by atoms with E-state index in [1.165, 1.54) is 0 Å². The fourth-order valence-corrected chi connectivity index (χ4v) is 2.07. The summed E-state index contributed by atoms with van der Waals surface area (Å²) >= 11 is 0. The average molecular weight is 230 g/mol. The molecule has 3 N–H and O–H groups in total. The van der Waals surface area contributed by atoms with Gasteiger partial charge in [-0.25, -0.2) is 4.79 Å². The van der Waals surface area contributed by atoms with Gasteiger partial charge in [-0.1, -0.05) is 30.2 Å². The van der Waals surface area contributed by atoms with Crippen LogP contribution in [0.2, 0.25) is 0 Å². The highest BCUT2D eigenvalue weighted by atomic mass is 16.3. The first kappa shape index (κ1) is 11.5. The van der Waals surface area contributed by atoms with Crippen molar-refractivity contribution in [3.05, 3.63) is 35.4 Å². The van der Waals surface area contributed by atoms with Gasteiger partial charge in [0.05, 0.1) is 18.7 Å². The third kappa shape index (κ3) is 2.40. The molecule has 2 atom stereocenters. The largest absolute Gasteiger partial charge is 0.390 e. The summed E-state index contributed by atoms with van der Waals surface area (Å²) in [6, 6.07) is 6.97. The summed E-state index contributed by atoms with van der Waals surface area (Å²) in [5.41, 5.74) is 2.04. The summed E-state index contributed by atoms with van der Waals surface area (Å²) in [7, 11) is 0. The highest BCUT2D eigenvalue weighted by molar-refractivity contribution is 5.75. The number of rotatable bonds is 2. The molecule has 2 rings (SSSR count). The molecule has 88 valence electrons. The minimum atomic E-state index is -0.580. The first-order chi connectivity index (χ1) is 8.22. The lowest BCUT2D eigenvalue weighted by molar-refractivity contribution is 0.142. The molecule has 0 bridgehead atoms. The van der Waals surface area contributed by atoms with Gasteiger partial charge in [0.25, 0.3) is 0 Å². The zero-order valence-corrected chi connectivity index (χ0v) is 9.31. The van der Waals surface area contributed by atoms with E-state index in [4.69, 9.17) is 6.42 Å². The van der Waals surface area contributed by atoms with E-state index >= 15 is 0 Å². The molecule has 2 amide bonds. The number of carbonyl (C=O) groups excluding carboxylic acids is 1. The van der Waals surface area contributed by atoms with Gasteiger partial charge in [0, 0.05) is 6.42 Å². The molecule has 1 aromatic carbocycles. The molecule has 0 spiro atoms. The van der Waals surface area contributed by atoms with Crippen LogP contribution in [-0.4, -0.2) is 23.8 Å². The van der Waals surface area contributed by atoms with Crippen molar-refractivity contribution in [1.82, 2.24) is 10.6 Å². The van der Waals surface area contributed by atoms with Crippen molar-refractivity contribution in [3.63, 3.8) is 0 Å². The van der Waals surface area contributed by atoms with Crippen LogP contribution in [-0.2, 0) is 6.42 Å². The van der Waals surface area contributed by atoms with Crippen LogP contribution in [0.5, 0.6) is 0 Å². The Labute approximate surface area is 100 Å². The van der Waals surface area contributed by atoms with Crippen molar-refractivity contribution in [2.45, 2.75) is 18.6 Å². The Kier molecular flexibility index (Phi) is 3.31. The Morgan fingerprint density at radius 3 is 3.06 bits per heavy atom. The van der Waals surface area contributed by atoms with Crippen LogP contribution in [0.4, 0.5) is 4.79 Å². The molecule has 17 heavy (non-hydrogen) atoms. The van der Waals surface area contributed by atoms with Crippen LogP contribution in [0, 0.1) is 12.3 Å². The van der Waals surface area contributed by atoms with E-state index < -0.39 is 6.10 Å². The number of fused-ring (bicyclic) bond motifs is 1. The molecule has 0 aromatic heterocycles. The summed E-state index contributed by atoms with van der Waals surface area (Å²) in [5, 5.41) is 15.1. The Morgan fingerprint density at radius 1 is 1.53 bits per heavy atom. The molecule has 0 aliphatic heterocycles. The number of hydrogen-bond acceptors (Lipinski definition) is 2. The van der Waals surface area contributed by atoms with E-state index in [9.17, 15) is 9.90 Å². The number of urea groups is 1. The number of hydrogen-bond donors (Lipinski definition) is 3. The fraction of sp³-hybridized carbons (Fsp3) is 0.308. The molecule has 0 radical (unpaired) electrons. The summed E-state index contributed by atoms with van der Waals surface area (Å²) in [6.07, 6.45) is 5.03. The van der Waals surface area contributed by atoms with E-state index in [2.05, 4.69) is 16.6 Å². The average Bonchev–Trinajstić information content (AvgIpc) is 2.64. The number of amides is 2. The zero-order chi connectivity index (χ0) is 12.3. The highest BCUT2D eigenvalue weighted by Gasteiger charge is 2.31. The molecule has 0 heterocycles. The van der Waals surface area contributed by atoms with Crippen molar-refractivity contribution in [2.75, 3.05) is 6.54 Å². The van der Waals surface area contributed by atoms with Crippen LogP contribution < -0.4 is 10.6 Å². The van der Waals surface area contributed by atoms with Gasteiger partial charge < -0.3 is 15.7 Å². The van der Waals surface area contributed by atoms with Crippen LogP contribution in [0.1, 0.15) is 17.2 Å². The summed E-state index contributed by atoms with van der Waals surface area (Å²) in [6.45, 7) is 0.177. The normalized spacial score (nSPS) is 21.4. The minimum absolute atomic E-state index is 0.177. The smallest absolute Gasteiger partial charge is 0.316 e. The monoisotopic (exact) mass is 230 g/mol. The van der Waals surface area contributed by atoms with Crippen molar-refractivity contribution in [1.29, 1.82) is 0 Å². The molecule has 0 saturated heterocycles. The second kappa shape index (κ2) is 4.89. The molecular formula is C13H14N2O2. The van der Waals surface area contributed by atoms with Gasteiger partial charge in [0.1, 0.15) is 0 Å². The maximum absolute atomic E-state index is 11.5. The van der Waals surface area contributed by atoms with E-state index in [0.29, 0.717) is 6.42 Å². The SMILES string of the molecule is C#CCNC(=O)NC1c2ccccc2CC1O. The highest BCUT2D eigenvalue weighted by Crippen LogP contribution is 2.30. The summed E-state index contributed by atoms with van der Waals surface area (Å²) in [4.78, 5) is 11.5. The molecule has 1 aliphatic carbocycles. The number of terminal acetylenes is 1. The first-order valence-corrected chi connectivity index (χ1v) is 5.46. The molecule has 4 nitrogen and oxygen atoms in total. The maximum atomic E-state index is 11.5. The topological polar surface area (TPSA) is 61.4 Å². The number of aliphatic hydroxyl groups excluding tert-OH is 1. The minimum Gasteiger partial charge on any atom is -0.390 e. The Morgan fingerprint density at radius 2 is 2.29 bits per heavy atom. The fourth-order valence-electron chi connectivity index (χ4n) is 2.07. The summed E-state index contributed by atoms with van der Waals surface area (Å²) in [5.74, 6) is 2.32. The molecule has 0 saturated carbocycles. The first-order valence-electron chi connectivity index (χ1n) is 5.46. The van der Waals surface area contributed by atoms with Crippen LogP contribution in [0.3, 0.4) is 0 Å². The predicted molar refractivity (Wildman–Crippen MR) is 64.3 cm³/mol. The standard InChI is InChI=1S/C13H14N2O2/c1-2-7-14-13(17)15-12-10-6-4-3-5-9(10)8-11(12)16/h1,3-6,11-12,16H,7-8H2,(H2,14,15,17). The van der Waals surface area contributed by atoms with Crippen LogP contribution >= 0.6 is 0 Å². The summed E-state index contributed by atoms with van der Waals surface area (Å²) < 4.78 is 0. The molecular weight excluding hydrogens is 216 g/mol. The van der Waals surface area contributed by atoms with Crippen molar-refractivity contribution >= 4 is 6.03 Å². The zero-order valence-electron chi connectivity index (χ0n) is 9.31. The third-order valence-corrected chi connectivity index (χ3v) is 2.84. The molecule has 4 heteroatoms. The van der Waals surface area contributed by atoms with Crippen LogP contribution in [0.25, 0.3) is 0 Å². The van der Waals surface area contributed by atoms with Crippen molar-refractivity contribution < 1.29 is 9.90 Å². The molecule has 0 fully saturated rings. The quantitative estimate of drug-likeness (QED) is 0.651. The van der Waals surface area contributed by atoms with E-state index in [1.54, 1.807) is 0 Å². The van der Waals surface area contributed by atoms with Crippen LogP contribution in [0.15, 0.2) is 24.3 Å². The number of carbonyl (C=O) groups is 1.